The molecule has 1 unspecified atom stereocenters. The zero-order valence-electron chi connectivity index (χ0n) is 13.0. The Morgan fingerprint density at radius 2 is 1.92 bits per heavy atom. The average molecular weight is 364 g/mol. The minimum atomic E-state index is -0.901. The van der Waals surface area contributed by atoms with Gasteiger partial charge in [0.25, 0.3) is 11.5 Å². The van der Waals surface area contributed by atoms with Crippen LogP contribution < -0.4 is 16.1 Å². The highest BCUT2D eigenvalue weighted by Gasteiger charge is 2.35. The molecule has 1 aliphatic heterocycles. The molecule has 1 N–H and O–H groups in total. The van der Waals surface area contributed by atoms with Gasteiger partial charge in [-0.05, 0) is 24.3 Å². The lowest BCUT2D eigenvalue weighted by Crippen LogP contribution is -2.35. The zero-order valence-corrected chi connectivity index (χ0v) is 13.7. The molecule has 1 saturated heterocycles. The number of aromatic nitrogens is 2. The Morgan fingerprint density at radius 3 is 2.60 bits per heavy atom. The summed E-state index contributed by atoms with van der Waals surface area (Å²) >= 11 is 5.83. The van der Waals surface area contributed by atoms with Crippen molar-refractivity contribution in [3.05, 3.63) is 62.4 Å². The van der Waals surface area contributed by atoms with Crippen LogP contribution in [0.3, 0.4) is 0 Å². The minimum absolute atomic E-state index is 0.329. The molecule has 2 aromatic rings. The maximum absolute atomic E-state index is 12.4. The highest BCUT2D eigenvalue weighted by molar-refractivity contribution is 6.30. The van der Waals surface area contributed by atoms with Gasteiger partial charge in [0.05, 0.1) is 0 Å². The molecule has 9 heteroatoms. The van der Waals surface area contributed by atoms with Crippen molar-refractivity contribution in [1.29, 1.82) is 0 Å². The third-order valence-electron chi connectivity index (χ3n) is 3.76. The van der Waals surface area contributed by atoms with Crippen molar-refractivity contribution in [3.8, 4) is 0 Å². The number of esters is 1. The second kappa shape index (κ2) is 6.94. The lowest BCUT2D eigenvalue weighted by molar-refractivity contribution is -0.154. The van der Waals surface area contributed by atoms with Gasteiger partial charge in [0, 0.05) is 35.9 Å². The number of ether oxygens (including phenoxy) is 1. The molecular weight excluding hydrogens is 350 g/mol. The normalized spacial score (nSPS) is 16.9. The van der Waals surface area contributed by atoms with Crippen molar-refractivity contribution in [2.75, 3.05) is 11.4 Å². The van der Waals surface area contributed by atoms with Crippen LogP contribution in [-0.2, 0) is 20.9 Å². The third kappa shape index (κ3) is 3.80. The van der Waals surface area contributed by atoms with Crippen LogP contribution in [0.5, 0.6) is 0 Å². The fourth-order valence-electron chi connectivity index (χ4n) is 2.54. The number of nitrogens with one attached hydrogen (secondary N) is 1. The summed E-state index contributed by atoms with van der Waals surface area (Å²) in [7, 11) is 0. The number of hydrogen-bond acceptors (Lipinski definition) is 5. The fraction of sp³-hybridized carbons (Fsp3) is 0.250. The molecule has 1 aromatic carbocycles. The lowest BCUT2D eigenvalue weighted by atomic mass is 10.3. The summed E-state index contributed by atoms with van der Waals surface area (Å²) in [6, 6.07) is 7.89. The number of amides is 1. The highest BCUT2D eigenvalue weighted by atomic mass is 35.5. The van der Waals surface area contributed by atoms with Gasteiger partial charge in [-0.15, -0.1) is 0 Å². The topological polar surface area (TPSA) is 101 Å². The number of carbonyl (C=O) groups excluding carboxylic acids is 2. The number of hydrogen-bond donors (Lipinski definition) is 1. The van der Waals surface area contributed by atoms with Gasteiger partial charge in [-0.1, -0.05) is 11.6 Å². The van der Waals surface area contributed by atoms with Gasteiger partial charge in [-0.2, -0.15) is 0 Å². The first-order valence-electron chi connectivity index (χ1n) is 7.50. The Morgan fingerprint density at radius 1 is 1.20 bits per heavy atom. The summed E-state index contributed by atoms with van der Waals surface area (Å²) in [4.78, 5) is 50.5. The summed E-state index contributed by atoms with van der Waals surface area (Å²) in [6.07, 6.45) is 0.647. The molecule has 1 amide bonds. The van der Waals surface area contributed by atoms with Gasteiger partial charge in [-0.25, -0.2) is 4.79 Å². The van der Waals surface area contributed by atoms with Crippen LogP contribution in [0.2, 0.25) is 5.02 Å². The minimum Gasteiger partial charge on any atom is -0.451 e. The second-order valence-corrected chi connectivity index (χ2v) is 5.91. The van der Waals surface area contributed by atoms with E-state index in [4.69, 9.17) is 16.3 Å². The highest BCUT2D eigenvalue weighted by Crippen LogP contribution is 2.24. The van der Waals surface area contributed by atoms with Crippen LogP contribution in [0.4, 0.5) is 5.69 Å². The van der Waals surface area contributed by atoms with Crippen LogP contribution in [0.1, 0.15) is 6.42 Å². The number of anilines is 1. The molecule has 0 aliphatic carbocycles. The van der Waals surface area contributed by atoms with E-state index in [1.807, 2.05) is 4.98 Å². The molecule has 0 radical (unpaired) electrons. The third-order valence-corrected chi connectivity index (χ3v) is 4.02. The van der Waals surface area contributed by atoms with E-state index >= 15 is 0 Å². The zero-order chi connectivity index (χ0) is 18.0. The standard InChI is InChI=1S/C16H14ClN3O5/c17-10-1-3-11(4-2-10)20-8-5-12(15(20)23)25-14(22)9-19-7-6-13(21)18-16(19)24/h1-4,6-7,12H,5,8-9H2,(H,18,21,24). The van der Waals surface area contributed by atoms with Crippen molar-refractivity contribution < 1.29 is 14.3 Å². The van der Waals surface area contributed by atoms with Crippen LogP contribution in [0.25, 0.3) is 0 Å². The summed E-state index contributed by atoms with van der Waals surface area (Å²) in [5.41, 5.74) is -0.603. The molecule has 25 heavy (non-hydrogen) atoms. The summed E-state index contributed by atoms with van der Waals surface area (Å²) < 4.78 is 6.18. The molecule has 3 rings (SSSR count). The number of carbonyl (C=O) groups is 2. The van der Waals surface area contributed by atoms with Gasteiger partial charge < -0.3 is 9.64 Å². The lowest BCUT2D eigenvalue weighted by Gasteiger charge is -2.17. The average Bonchev–Trinajstić information content (AvgIpc) is 2.92. The van der Waals surface area contributed by atoms with Crippen LogP contribution in [0, 0.1) is 0 Å². The van der Waals surface area contributed by atoms with Crippen molar-refractivity contribution in [2.24, 2.45) is 0 Å². The van der Waals surface area contributed by atoms with Crippen molar-refractivity contribution >= 4 is 29.2 Å². The van der Waals surface area contributed by atoms with Crippen LogP contribution in [-0.4, -0.2) is 34.1 Å². The molecule has 0 saturated carbocycles. The number of H-pyrrole nitrogens is 1. The first-order valence-corrected chi connectivity index (χ1v) is 7.88. The van der Waals surface area contributed by atoms with Crippen molar-refractivity contribution in [2.45, 2.75) is 19.1 Å². The van der Waals surface area contributed by atoms with Gasteiger partial charge >= 0.3 is 11.7 Å². The molecule has 1 atom stereocenters. The van der Waals surface area contributed by atoms with E-state index < -0.39 is 23.3 Å². The molecule has 0 spiro atoms. The maximum atomic E-state index is 12.4. The Labute approximate surface area is 146 Å². The first kappa shape index (κ1) is 17.0. The predicted octanol–water partition coefficient (Wildman–Crippen LogP) is 0.539. The van der Waals surface area contributed by atoms with Crippen LogP contribution >= 0.6 is 11.6 Å². The largest absolute Gasteiger partial charge is 0.451 e. The van der Waals surface area contributed by atoms with E-state index in [1.54, 1.807) is 24.3 Å². The quantitative estimate of drug-likeness (QED) is 0.799. The van der Waals surface area contributed by atoms with Gasteiger partial charge in [-0.3, -0.25) is 23.9 Å². The van der Waals surface area contributed by atoms with E-state index in [9.17, 15) is 19.2 Å². The number of rotatable bonds is 4. The monoisotopic (exact) mass is 363 g/mol. The van der Waals surface area contributed by atoms with Gasteiger partial charge in [0.1, 0.15) is 6.54 Å². The van der Waals surface area contributed by atoms with Crippen molar-refractivity contribution in [3.63, 3.8) is 0 Å². The van der Waals surface area contributed by atoms with Gasteiger partial charge in [0.15, 0.2) is 6.10 Å². The second-order valence-electron chi connectivity index (χ2n) is 5.47. The molecule has 1 aromatic heterocycles. The summed E-state index contributed by atoms with van der Waals surface area (Å²) in [5, 5.41) is 0.560. The van der Waals surface area contributed by atoms with Crippen molar-refractivity contribution in [1.82, 2.24) is 9.55 Å². The molecule has 8 nitrogen and oxygen atoms in total. The Balaban J connectivity index is 1.64. The number of halogens is 1. The van der Waals surface area contributed by atoms with E-state index in [-0.39, 0.29) is 12.5 Å². The molecule has 1 fully saturated rings. The molecule has 130 valence electrons. The fourth-order valence-corrected chi connectivity index (χ4v) is 2.67. The molecule has 1 aliphatic rings. The molecule has 0 bridgehead atoms. The summed E-state index contributed by atoms with van der Waals surface area (Å²) in [5.74, 6) is -1.06. The molecular formula is C16H14ClN3O5. The number of aromatic amines is 1. The molecule has 2 heterocycles. The van der Waals surface area contributed by atoms with E-state index in [0.29, 0.717) is 23.7 Å². The number of benzene rings is 1. The smallest absolute Gasteiger partial charge is 0.328 e. The SMILES string of the molecule is O=C(Cn1ccc(=O)[nH]c1=O)OC1CCN(c2ccc(Cl)cc2)C1=O. The Kier molecular flexibility index (Phi) is 4.71. The maximum Gasteiger partial charge on any atom is 0.328 e. The first-order chi connectivity index (χ1) is 11.9. The predicted molar refractivity (Wildman–Crippen MR) is 89.6 cm³/mol. The van der Waals surface area contributed by atoms with Gasteiger partial charge in [0.2, 0.25) is 0 Å². The van der Waals surface area contributed by atoms with E-state index in [2.05, 4.69) is 0 Å². The Hall–Kier alpha value is -2.87. The Bertz CT molecular complexity index is 918. The number of nitrogens with zero attached hydrogens (tertiary/aromatic N) is 2. The van der Waals surface area contributed by atoms with E-state index in [0.717, 1.165) is 10.6 Å². The summed E-state index contributed by atoms with van der Waals surface area (Å²) in [6.45, 7) is 0.0252. The van der Waals surface area contributed by atoms with Crippen LogP contribution in [0.15, 0.2) is 46.1 Å². The van der Waals surface area contributed by atoms with E-state index in [1.165, 1.54) is 11.1 Å².